The van der Waals surface area contributed by atoms with E-state index in [1.807, 2.05) is 0 Å². The predicted molar refractivity (Wildman–Crippen MR) is 78.1 cm³/mol. The summed E-state index contributed by atoms with van der Waals surface area (Å²) in [7, 11) is 0. The minimum absolute atomic E-state index is 0.209. The van der Waals surface area contributed by atoms with Crippen molar-refractivity contribution in [2.24, 2.45) is 0 Å². The molecule has 116 valence electrons. The summed E-state index contributed by atoms with van der Waals surface area (Å²) in [6.07, 6.45) is 6.62. The molecule has 1 aromatic carbocycles. The molecule has 0 spiro atoms. The second kappa shape index (κ2) is 6.01. The van der Waals surface area contributed by atoms with Crippen LogP contribution in [-0.2, 0) is 10.3 Å². The van der Waals surface area contributed by atoms with Gasteiger partial charge in [0.15, 0.2) is 0 Å². The molecule has 1 saturated carbocycles. The van der Waals surface area contributed by atoms with Gasteiger partial charge < -0.3 is 10.1 Å². The van der Waals surface area contributed by atoms with Crippen LogP contribution in [0.15, 0.2) is 18.2 Å². The molecule has 0 bridgehead atoms. The molecule has 1 saturated heterocycles. The van der Waals surface area contributed by atoms with E-state index >= 15 is 0 Å². The standard InChI is InChI=1S/C17H23F2NO/c1-12-4-6-14(21-12)11-20-17(8-2-3-9-17)15-7-5-13(18)10-16(15)19/h5,7,10,12,14,20H,2-4,6,8-9,11H2,1H3/t12-,14+/m1/s1. The molecule has 2 aliphatic rings. The van der Waals surface area contributed by atoms with Crippen LogP contribution in [0, 0.1) is 11.6 Å². The van der Waals surface area contributed by atoms with E-state index in [1.165, 1.54) is 6.07 Å². The first-order valence-corrected chi connectivity index (χ1v) is 7.95. The van der Waals surface area contributed by atoms with E-state index < -0.39 is 11.6 Å². The first kappa shape index (κ1) is 14.9. The fourth-order valence-corrected chi connectivity index (χ4v) is 3.74. The molecule has 0 aromatic heterocycles. The number of hydrogen-bond acceptors (Lipinski definition) is 2. The summed E-state index contributed by atoms with van der Waals surface area (Å²) >= 11 is 0. The molecule has 1 aromatic rings. The van der Waals surface area contributed by atoms with Gasteiger partial charge in [-0.15, -0.1) is 0 Å². The second-order valence-corrected chi connectivity index (χ2v) is 6.44. The average Bonchev–Trinajstić information content (AvgIpc) is 3.06. The first-order valence-electron chi connectivity index (χ1n) is 7.95. The molecular formula is C17H23F2NO. The zero-order valence-electron chi connectivity index (χ0n) is 12.5. The van der Waals surface area contributed by atoms with Crippen molar-refractivity contribution >= 4 is 0 Å². The van der Waals surface area contributed by atoms with Gasteiger partial charge in [0, 0.05) is 23.7 Å². The summed E-state index contributed by atoms with van der Waals surface area (Å²) in [5.74, 6) is -0.956. The van der Waals surface area contributed by atoms with Crippen LogP contribution in [0.5, 0.6) is 0 Å². The van der Waals surface area contributed by atoms with Crippen LogP contribution >= 0.6 is 0 Å². The smallest absolute Gasteiger partial charge is 0.131 e. The average molecular weight is 295 g/mol. The zero-order valence-corrected chi connectivity index (χ0v) is 12.5. The number of ether oxygens (including phenoxy) is 1. The molecule has 1 aliphatic carbocycles. The third-order valence-electron chi connectivity index (χ3n) is 4.89. The Balaban J connectivity index is 1.76. The van der Waals surface area contributed by atoms with E-state index in [-0.39, 0.29) is 11.6 Å². The lowest BCUT2D eigenvalue weighted by molar-refractivity contribution is 0.0500. The van der Waals surface area contributed by atoms with Gasteiger partial charge in [-0.25, -0.2) is 8.78 Å². The van der Waals surface area contributed by atoms with Crippen molar-refractivity contribution in [2.45, 2.75) is 63.2 Å². The molecule has 1 heterocycles. The van der Waals surface area contributed by atoms with Crippen molar-refractivity contribution < 1.29 is 13.5 Å². The molecular weight excluding hydrogens is 272 g/mol. The Morgan fingerprint density at radius 3 is 2.62 bits per heavy atom. The molecule has 1 N–H and O–H groups in total. The number of nitrogens with one attached hydrogen (secondary N) is 1. The minimum atomic E-state index is -0.516. The maximum absolute atomic E-state index is 14.2. The predicted octanol–water partition coefficient (Wildman–Crippen LogP) is 3.89. The monoisotopic (exact) mass is 295 g/mol. The van der Waals surface area contributed by atoms with Crippen molar-refractivity contribution in [1.29, 1.82) is 0 Å². The molecule has 21 heavy (non-hydrogen) atoms. The summed E-state index contributed by atoms with van der Waals surface area (Å²) in [5.41, 5.74) is 0.250. The lowest BCUT2D eigenvalue weighted by Gasteiger charge is -2.32. The molecule has 2 atom stereocenters. The highest BCUT2D eigenvalue weighted by Crippen LogP contribution is 2.40. The fourth-order valence-electron chi connectivity index (χ4n) is 3.74. The van der Waals surface area contributed by atoms with Gasteiger partial charge in [0.05, 0.1) is 12.2 Å². The number of benzene rings is 1. The fraction of sp³-hybridized carbons (Fsp3) is 0.647. The molecule has 2 fully saturated rings. The van der Waals surface area contributed by atoms with E-state index in [2.05, 4.69) is 12.2 Å². The van der Waals surface area contributed by atoms with Crippen LogP contribution in [0.4, 0.5) is 8.78 Å². The highest BCUT2D eigenvalue weighted by Gasteiger charge is 2.38. The van der Waals surface area contributed by atoms with Crippen LogP contribution in [0.25, 0.3) is 0 Å². The van der Waals surface area contributed by atoms with Crippen LogP contribution in [0.3, 0.4) is 0 Å². The van der Waals surface area contributed by atoms with E-state index in [0.717, 1.165) is 51.1 Å². The normalized spacial score (nSPS) is 28.1. The van der Waals surface area contributed by atoms with E-state index in [9.17, 15) is 8.78 Å². The van der Waals surface area contributed by atoms with Gasteiger partial charge in [-0.2, -0.15) is 0 Å². The molecule has 1 aliphatic heterocycles. The second-order valence-electron chi connectivity index (χ2n) is 6.44. The maximum Gasteiger partial charge on any atom is 0.131 e. The summed E-state index contributed by atoms with van der Waals surface area (Å²) in [6.45, 7) is 2.83. The third-order valence-corrected chi connectivity index (χ3v) is 4.89. The van der Waals surface area contributed by atoms with Gasteiger partial charge in [0.2, 0.25) is 0 Å². The van der Waals surface area contributed by atoms with Gasteiger partial charge in [-0.1, -0.05) is 18.9 Å². The van der Waals surface area contributed by atoms with Crippen LogP contribution in [-0.4, -0.2) is 18.8 Å². The van der Waals surface area contributed by atoms with Gasteiger partial charge in [0.1, 0.15) is 11.6 Å². The van der Waals surface area contributed by atoms with Gasteiger partial charge >= 0.3 is 0 Å². The lowest BCUT2D eigenvalue weighted by atomic mass is 9.87. The summed E-state index contributed by atoms with van der Waals surface area (Å²) in [6, 6.07) is 3.95. The lowest BCUT2D eigenvalue weighted by Crippen LogP contribution is -2.44. The SMILES string of the molecule is C[C@@H]1CC[C@@H](CNC2(c3ccc(F)cc3F)CCCC2)O1. The topological polar surface area (TPSA) is 21.3 Å². The Kier molecular flexibility index (Phi) is 4.27. The Morgan fingerprint density at radius 1 is 1.24 bits per heavy atom. The van der Waals surface area contributed by atoms with Crippen LogP contribution in [0.2, 0.25) is 0 Å². The molecule has 4 heteroatoms. The minimum Gasteiger partial charge on any atom is -0.374 e. The van der Waals surface area contributed by atoms with Crippen molar-refractivity contribution in [3.8, 4) is 0 Å². The van der Waals surface area contributed by atoms with E-state index in [0.29, 0.717) is 11.7 Å². The van der Waals surface area contributed by atoms with E-state index in [4.69, 9.17) is 4.74 Å². The quantitative estimate of drug-likeness (QED) is 0.910. The molecule has 0 radical (unpaired) electrons. The van der Waals surface area contributed by atoms with Crippen LogP contribution in [0.1, 0.15) is 51.0 Å². The van der Waals surface area contributed by atoms with Crippen LogP contribution < -0.4 is 5.32 Å². The Bertz CT molecular complexity index is 500. The number of rotatable bonds is 4. The van der Waals surface area contributed by atoms with Gasteiger partial charge in [-0.05, 0) is 38.7 Å². The van der Waals surface area contributed by atoms with Crippen molar-refractivity contribution in [3.63, 3.8) is 0 Å². The summed E-state index contributed by atoms with van der Waals surface area (Å²) in [5, 5.41) is 3.55. The van der Waals surface area contributed by atoms with Gasteiger partial charge in [-0.3, -0.25) is 0 Å². The maximum atomic E-state index is 14.2. The summed E-state index contributed by atoms with van der Waals surface area (Å²) < 4.78 is 33.2. The molecule has 0 unspecified atom stereocenters. The van der Waals surface area contributed by atoms with Crippen molar-refractivity contribution in [2.75, 3.05) is 6.54 Å². The Hall–Kier alpha value is -1.00. The first-order chi connectivity index (χ1) is 10.1. The number of halogens is 2. The molecule has 3 rings (SSSR count). The molecule has 2 nitrogen and oxygen atoms in total. The Morgan fingerprint density at radius 2 is 2.00 bits per heavy atom. The highest BCUT2D eigenvalue weighted by molar-refractivity contribution is 5.28. The largest absolute Gasteiger partial charge is 0.374 e. The van der Waals surface area contributed by atoms with Gasteiger partial charge in [0.25, 0.3) is 0 Å². The number of hydrogen-bond donors (Lipinski definition) is 1. The van der Waals surface area contributed by atoms with Crippen molar-refractivity contribution in [3.05, 3.63) is 35.4 Å². The Labute approximate surface area is 124 Å². The van der Waals surface area contributed by atoms with Crippen molar-refractivity contribution in [1.82, 2.24) is 5.32 Å². The molecule has 0 amide bonds. The zero-order chi connectivity index (χ0) is 14.9. The van der Waals surface area contributed by atoms with E-state index in [1.54, 1.807) is 6.07 Å². The highest BCUT2D eigenvalue weighted by atomic mass is 19.1. The summed E-state index contributed by atoms with van der Waals surface area (Å²) in [4.78, 5) is 0. The third kappa shape index (κ3) is 3.11.